The molecule has 0 aromatic heterocycles. The molecular formula is C19H24N2O. The highest BCUT2D eigenvalue weighted by Gasteiger charge is 2.03. The van der Waals surface area contributed by atoms with Crippen LogP contribution in [0.1, 0.15) is 25.8 Å². The second-order valence-corrected chi connectivity index (χ2v) is 5.90. The maximum Gasteiger partial charge on any atom is 0.228 e. The fourth-order valence-corrected chi connectivity index (χ4v) is 2.16. The second kappa shape index (κ2) is 8.23. The first-order valence-electron chi connectivity index (χ1n) is 7.81. The van der Waals surface area contributed by atoms with E-state index in [2.05, 4.69) is 24.5 Å². The van der Waals surface area contributed by atoms with Gasteiger partial charge in [-0.2, -0.15) is 0 Å². The molecule has 2 N–H and O–H groups in total. The molecule has 0 aliphatic carbocycles. The van der Waals surface area contributed by atoms with E-state index in [0.717, 1.165) is 29.9 Å². The summed E-state index contributed by atoms with van der Waals surface area (Å²) in [5.41, 5.74) is 2.93. The smallest absolute Gasteiger partial charge is 0.228 e. The molecule has 22 heavy (non-hydrogen) atoms. The van der Waals surface area contributed by atoms with Crippen LogP contribution in [-0.4, -0.2) is 12.5 Å². The van der Waals surface area contributed by atoms with E-state index in [1.54, 1.807) is 0 Å². The summed E-state index contributed by atoms with van der Waals surface area (Å²) in [5.74, 6) is 0.704. The highest BCUT2D eigenvalue weighted by molar-refractivity contribution is 5.92. The normalized spacial score (nSPS) is 10.5. The van der Waals surface area contributed by atoms with Crippen molar-refractivity contribution in [3.05, 3.63) is 60.2 Å². The average Bonchev–Trinajstić information content (AvgIpc) is 2.49. The quantitative estimate of drug-likeness (QED) is 0.798. The Hall–Kier alpha value is -2.29. The summed E-state index contributed by atoms with van der Waals surface area (Å²) in [6, 6.07) is 17.6. The van der Waals surface area contributed by atoms with Crippen LogP contribution in [0.15, 0.2) is 54.6 Å². The molecule has 0 unspecified atom stereocenters. The van der Waals surface area contributed by atoms with E-state index in [0.29, 0.717) is 12.3 Å². The van der Waals surface area contributed by atoms with Crippen molar-refractivity contribution in [3.63, 3.8) is 0 Å². The topological polar surface area (TPSA) is 41.1 Å². The van der Waals surface area contributed by atoms with Gasteiger partial charge < -0.3 is 10.6 Å². The van der Waals surface area contributed by atoms with E-state index in [9.17, 15) is 4.79 Å². The Labute approximate surface area is 132 Å². The Kier molecular flexibility index (Phi) is 6.01. The van der Waals surface area contributed by atoms with Crippen LogP contribution in [0.2, 0.25) is 0 Å². The molecular weight excluding hydrogens is 272 g/mol. The molecule has 2 aromatic carbocycles. The van der Waals surface area contributed by atoms with Crippen LogP contribution in [0.25, 0.3) is 0 Å². The summed E-state index contributed by atoms with van der Waals surface area (Å²) in [6.07, 6.45) is 1.55. The summed E-state index contributed by atoms with van der Waals surface area (Å²) in [4.78, 5) is 12.0. The van der Waals surface area contributed by atoms with E-state index in [4.69, 9.17) is 0 Å². The summed E-state index contributed by atoms with van der Waals surface area (Å²) in [7, 11) is 0. The minimum absolute atomic E-state index is 0.00622. The monoisotopic (exact) mass is 296 g/mol. The largest absolute Gasteiger partial charge is 0.385 e. The van der Waals surface area contributed by atoms with Crippen LogP contribution in [0.4, 0.5) is 11.4 Å². The summed E-state index contributed by atoms with van der Waals surface area (Å²) < 4.78 is 0. The Morgan fingerprint density at radius 1 is 0.955 bits per heavy atom. The van der Waals surface area contributed by atoms with Gasteiger partial charge >= 0.3 is 0 Å². The summed E-state index contributed by atoms with van der Waals surface area (Å²) in [5, 5.41) is 6.31. The van der Waals surface area contributed by atoms with Crippen molar-refractivity contribution in [2.75, 3.05) is 17.2 Å². The third-order valence-electron chi connectivity index (χ3n) is 3.43. The third kappa shape index (κ3) is 5.60. The van der Waals surface area contributed by atoms with Crippen molar-refractivity contribution in [1.82, 2.24) is 0 Å². The molecule has 1 amide bonds. The average molecular weight is 296 g/mol. The molecule has 0 fully saturated rings. The first-order valence-corrected chi connectivity index (χ1v) is 7.81. The predicted molar refractivity (Wildman–Crippen MR) is 93.2 cm³/mol. The van der Waals surface area contributed by atoms with Crippen LogP contribution in [0.3, 0.4) is 0 Å². The standard InChI is InChI=1S/C19H24N2O/c1-15(2)12-13-20-17-8-10-18(11-9-17)21-19(22)14-16-6-4-3-5-7-16/h3-11,15,20H,12-14H2,1-2H3,(H,21,22). The van der Waals surface area contributed by atoms with Crippen molar-refractivity contribution in [3.8, 4) is 0 Å². The van der Waals surface area contributed by atoms with Crippen LogP contribution >= 0.6 is 0 Å². The van der Waals surface area contributed by atoms with Gasteiger partial charge in [-0.05, 0) is 42.2 Å². The highest BCUT2D eigenvalue weighted by atomic mass is 16.1. The molecule has 0 saturated carbocycles. The SMILES string of the molecule is CC(C)CCNc1ccc(NC(=O)Cc2ccccc2)cc1. The number of carbonyl (C=O) groups is 1. The molecule has 0 aliphatic rings. The molecule has 0 bridgehead atoms. The van der Waals surface area contributed by atoms with Crippen molar-refractivity contribution < 1.29 is 4.79 Å². The van der Waals surface area contributed by atoms with Gasteiger partial charge in [-0.3, -0.25) is 4.79 Å². The Balaban J connectivity index is 1.82. The minimum Gasteiger partial charge on any atom is -0.385 e. The molecule has 2 rings (SSSR count). The number of amides is 1. The molecule has 0 heterocycles. The lowest BCUT2D eigenvalue weighted by atomic mass is 10.1. The lowest BCUT2D eigenvalue weighted by Crippen LogP contribution is -2.14. The summed E-state index contributed by atoms with van der Waals surface area (Å²) in [6.45, 7) is 5.40. The van der Waals surface area contributed by atoms with Gasteiger partial charge in [-0.25, -0.2) is 0 Å². The number of hydrogen-bond donors (Lipinski definition) is 2. The summed E-state index contributed by atoms with van der Waals surface area (Å²) >= 11 is 0. The zero-order valence-electron chi connectivity index (χ0n) is 13.3. The van der Waals surface area contributed by atoms with Crippen molar-refractivity contribution in [2.24, 2.45) is 5.92 Å². The molecule has 0 atom stereocenters. The van der Waals surface area contributed by atoms with Crippen LogP contribution in [0.5, 0.6) is 0 Å². The van der Waals surface area contributed by atoms with Crippen LogP contribution in [-0.2, 0) is 11.2 Å². The minimum atomic E-state index is 0.00622. The Bertz CT molecular complexity index is 576. The molecule has 0 aliphatic heterocycles. The third-order valence-corrected chi connectivity index (χ3v) is 3.43. The number of nitrogens with one attached hydrogen (secondary N) is 2. The van der Waals surface area contributed by atoms with Gasteiger partial charge in [-0.1, -0.05) is 44.2 Å². The number of carbonyl (C=O) groups excluding carboxylic acids is 1. The molecule has 116 valence electrons. The lowest BCUT2D eigenvalue weighted by Gasteiger charge is -2.10. The van der Waals surface area contributed by atoms with E-state index >= 15 is 0 Å². The van der Waals surface area contributed by atoms with Crippen LogP contribution in [0, 0.1) is 5.92 Å². The Morgan fingerprint density at radius 3 is 2.23 bits per heavy atom. The van der Waals surface area contributed by atoms with E-state index in [-0.39, 0.29) is 5.91 Å². The molecule has 0 saturated heterocycles. The van der Waals surface area contributed by atoms with Crippen molar-refractivity contribution in [2.45, 2.75) is 26.7 Å². The number of hydrogen-bond acceptors (Lipinski definition) is 2. The van der Waals surface area contributed by atoms with Gasteiger partial charge in [0.2, 0.25) is 5.91 Å². The van der Waals surface area contributed by atoms with Crippen molar-refractivity contribution >= 4 is 17.3 Å². The molecule has 2 aromatic rings. The predicted octanol–water partition coefficient (Wildman–Crippen LogP) is 4.33. The molecule has 3 heteroatoms. The van der Waals surface area contributed by atoms with Crippen LogP contribution < -0.4 is 10.6 Å². The van der Waals surface area contributed by atoms with E-state index in [1.807, 2.05) is 54.6 Å². The molecule has 3 nitrogen and oxygen atoms in total. The van der Waals surface area contributed by atoms with Crippen molar-refractivity contribution in [1.29, 1.82) is 0 Å². The zero-order chi connectivity index (χ0) is 15.8. The zero-order valence-corrected chi connectivity index (χ0v) is 13.3. The van der Waals surface area contributed by atoms with Gasteiger partial charge in [0.05, 0.1) is 6.42 Å². The van der Waals surface area contributed by atoms with Gasteiger partial charge in [0.15, 0.2) is 0 Å². The fraction of sp³-hybridized carbons (Fsp3) is 0.316. The molecule has 0 radical (unpaired) electrons. The first kappa shape index (κ1) is 16.1. The number of benzene rings is 2. The Morgan fingerprint density at radius 2 is 1.59 bits per heavy atom. The van der Waals surface area contributed by atoms with Gasteiger partial charge in [0.1, 0.15) is 0 Å². The number of anilines is 2. The first-order chi connectivity index (χ1) is 10.6. The van der Waals surface area contributed by atoms with Gasteiger partial charge in [-0.15, -0.1) is 0 Å². The van der Waals surface area contributed by atoms with Gasteiger partial charge in [0, 0.05) is 17.9 Å². The van der Waals surface area contributed by atoms with Gasteiger partial charge in [0.25, 0.3) is 0 Å². The fourth-order valence-electron chi connectivity index (χ4n) is 2.16. The number of rotatable bonds is 7. The second-order valence-electron chi connectivity index (χ2n) is 5.90. The highest BCUT2D eigenvalue weighted by Crippen LogP contribution is 2.14. The maximum atomic E-state index is 12.0. The van der Waals surface area contributed by atoms with E-state index < -0.39 is 0 Å². The maximum absolute atomic E-state index is 12.0. The lowest BCUT2D eigenvalue weighted by molar-refractivity contribution is -0.115. The molecule has 0 spiro atoms. The van der Waals surface area contributed by atoms with E-state index in [1.165, 1.54) is 0 Å².